The maximum atomic E-state index is 12.2. The predicted octanol–water partition coefficient (Wildman–Crippen LogP) is 3.65. The van der Waals surface area contributed by atoms with E-state index >= 15 is 0 Å². The van der Waals surface area contributed by atoms with Crippen molar-refractivity contribution < 1.29 is 14.3 Å². The van der Waals surface area contributed by atoms with Crippen LogP contribution in [0.3, 0.4) is 0 Å². The van der Waals surface area contributed by atoms with Gasteiger partial charge < -0.3 is 15.4 Å². The van der Waals surface area contributed by atoms with Gasteiger partial charge in [-0.1, -0.05) is 29.3 Å². The van der Waals surface area contributed by atoms with Crippen LogP contribution in [-0.4, -0.2) is 25.5 Å². The van der Waals surface area contributed by atoms with Gasteiger partial charge >= 0.3 is 0 Å². The zero-order valence-corrected chi connectivity index (χ0v) is 15.9. The monoisotopic (exact) mass is 374 g/mol. The Kier molecular flexibility index (Phi) is 7.04. The lowest BCUT2D eigenvalue weighted by molar-refractivity contribution is -0.121. The van der Waals surface area contributed by atoms with Gasteiger partial charge in [0.05, 0.1) is 13.2 Å². The Morgan fingerprint density at radius 2 is 1.85 bits per heavy atom. The van der Waals surface area contributed by atoms with Crippen molar-refractivity contribution >= 4 is 23.4 Å². The number of carbonyl (C=O) groups is 2. The average Bonchev–Trinajstić information content (AvgIpc) is 2.62. The molecule has 2 aromatic rings. The highest BCUT2D eigenvalue weighted by Crippen LogP contribution is 2.26. The molecule has 0 aliphatic carbocycles. The van der Waals surface area contributed by atoms with E-state index < -0.39 is 0 Å². The minimum atomic E-state index is -0.233. The molecule has 0 radical (unpaired) electrons. The Morgan fingerprint density at radius 3 is 2.50 bits per heavy atom. The summed E-state index contributed by atoms with van der Waals surface area (Å²) in [5.74, 6) is 0.361. The van der Waals surface area contributed by atoms with E-state index in [0.717, 1.165) is 16.9 Å². The van der Waals surface area contributed by atoms with E-state index in [1.54, 1.807) is 31.4 Å². The van der Waals surface area contributed by atoms with Crippen molar-refractivity contribution in [2.24, 2.45) is 0 Å². The lowest BCUT2D eigenvalue weighted by Crippen LogP contribution is -2.32. The second kappa shape index (κ2) is 9.25. The molecule has 2 aromatic carbocycles. The number of methoxy groups -OCH3 is 1. The van der Waals surface area contributed by atoms with Gasteiger partial charge in [0.1, 0.15) is 5.75 Å². The SMILES string of the molecule is COc1ccc(C)cc1[C@@H](C)NC(=O)CCNC(=O)c1ccc(Cl)cc1. The van der Waals surface area contributed by atoms with Gasteiger partial charge in [-0.15, -0.1) is 0 Å². The molecule has 0 aromatic heterocycles. The maximum absolute atomic E-state index is 12.2. The highest BCUT2D eigenvalue weighted by Gasteiger charge is 2.14. The molecule has 2 amide bonds. The number of halogens is 1. The first-order valence-corrected chi connectivity index (χ1v) is 8.76. The van der Waals surface area contributed by atoms with E-state index in [4.69, 9.17) is 16.3 Å². The highest BCUT2D eigenvalue weighted by atomic mass is 35.5. The van der Waals surface area contributed by atoms with E-state index in [2.05, 4.69) is 10.6 Å². The van der Waals surface area contributed by atoms with Crippen molar-refractivity contribution in [1.82, 2.24) is 10.6 Å². The standard InChI is InChI=1S/C20H23ClN2O3/c1-13-4-9-18(26-3)17(12-13)14(2)23-19(24)10-11-22-20(25)15-5-7-16(21)8-6-15/h4-9,12,14H,10-11H2,1-3H3,(H,22,25)(H,23,24)/t14-/m1/s1. The normalized spacial score (nSPS) is 11.5. The van der Waals surface area contributed by atoms with Gasteiger partial charge in [0.15, 0.2) is 0 Å². The summed E-state index contributed by atoms with van der Waals surface area (Å²) in [6.45, 7) is 4.15. The highest BCUT2D eigenvalue weighted by molar-refractivity contribution is 6.30. The molecule has 0 bridgehead atoms. The lowest BCUT2D eigenvalue weighted by atomic mass is 10.0. The van der Waals surface area contributed by atoms with Gasteiger partial charge in [-0.2, -0.15) is 0 Å². The quantitative estimate of drug-likeness (QED) is 0.777. The third-order valence-electron chi connectivity index (χ3n) is 3.97. The van der Waals surface area contributed by atoms with Gasteiger partial charge in [0.2, 0.25) is 5.91 Å². The fraction of sp³-hybridized carbons (Fsp3) is 0.300. The molecule has 0 saturated carbocycles. The van der Waals surface area contributed by atoms with E-state index in [1.165, 1.54) is 0 Å². The summed E-state index contributed by atoms with van der Waals surface area (Å²) in [7, 11) is 1.61. The van der Waals surface area contributed by atoms with Crippen LogP contribution >= 0.6 is 11.6 Å². The van der Waals surface area contributed by atoms with Gasteiger partial charge in [0, 0.05) is 29.1 Å². The fourth-order valence-electron chi connectivity index (χ4n) is 2.58. The molecule has 2 rings (SSSR count). The Bertz CT molecular complexity index is 775. The van der Waals surface area contributed by atoms with Crippen molar-refractivity contribution in [3.63, 3.8) is 0 Å². The second-order valence-electron chi connectivity index (χ2n) is 6.05. The molecule has 0 spiro atoms. The molecule has 26 heavy (non-hydrogen) atoms. The zero-order valence-electron chi connectivity index (χ0n) is 15.1. The van der Waals surface area contributed by atoms with Crippen LogP contribution in [0, 0.1) is 6.92 Å². The average molecular weight is 375 g/mol. The molecule has 0 fully saturated rings. The van der Waals surface area contributed by atoms with Crippen molar-refractivity contribution in [2.45, 2.75) is 26.3 Å². The molecule has 2 N–H and O–H groups in total. The van der Waals surface area contributed by atoms with Gasteiger partial charge in [-0.3, -0.25) is 9.59 Å². The number of ether oxygens (including phenoxy) is 1. The molecule has 0 unspecified atom stereocenters. The summed E-state index contributed by atoms with van der Waals surface area (Å²) in [4.78, 5) is 24.2. The molecule has 0 heterocycles. The lowest BCUT2D eigenvalue weighted by Gasteiger charge is -2.18. The molecule has 0 aliphatic rings. The third kappa shape index (κ3) is 5.49. The molecule has 0 aliphatic heterocycles. The number of benzene rings is 2. The number of aryl methyl sites for hydroxylation is 1. The number of amides is 2. The Morgan fingerprint density at radius 1 is 1.15 bits per heavy atom. The Balaban J connectivity index is 1.84. The summed E-state index contributed by atoms with van der Waals surface area (Å²) >= 11 is 5.80. The molecular weight excluding hydrogens is 352 g/mol. The van der Waals surface area contributed by atoms with Crippen LogP contribution in [0.2, 0.25) is 5.02 Å². The molecule has 1 atom stereocenters. The molecule has 0 saturated heterocycles. The van der Waals surface area contributed by atoms with E-state index in [9.17, 15) is 9.59 Å². The largest absolute Gasteiger partial charge is 0.496 e. The van der Waals surface area contributed by atoms with E-state index in [0.29, 0.717) is 10.6 Å². The van der Waals surface area contributed by atoms with Crippen LogP contribution in [0.1, 0.15) is 40.9 Å². The van der Waals surface area contributed by atoms with Crippen molar-refractivity contribution in [3.05, 3.63) is 64.2 Å². The Hall–Kier alpha value is -2.53. The van der Waals surface area contributed by atoms with Crippen molar-refractivity contribution in [3.8, 4) is 5.75 Å². The maximum Gasteiger partial charge on any atom is 0.251 e. The summed E-state index contributed by atoms with van der Waals surface area (Å²) in [5, 5.41) is 6.23. The summed E-state index contributed by atoms with van der Waals surface area (Å²) < 4.78 is 5.36. The number of nitrogens with one attached hydrogen (secondary N) is 2. The van der Waals surface area contributed by atoms with Crippen LogP contribution < -0.4 is 15.4 Å². The number of carbonyl (C=O) groups excluding carboxylic acids is 2. The summed E-state index contributed by atoms with van der Waals surface area (Å²) in [5.41, 5.74) is 2.52. The van der Waals surface area contributed by atoms with Gasteiger partial charge in [-0.05, 0) is 44.2 Å². The fourth-order valence-corrected chi connectivity index (χ4v) is 2.70. The van der Waals surface area contributed by atoms with Crippen LogP contribution in [0.25, 0.3) is 0 Å². The van der Waals surface area contributed by atoms with Crippen LogP contribution in [0.4, 0.5) is 0 Å². The van der Waals surface area contributed by atoms with E-state index in [1.807, 2.05) is 32.0 Å². The number of rotatable bonds is 7. The van der Waals surface area contributed by atoms with Crippen LogP contribution in [-0.2, 0) is 4.79 Å². The topological polar surface area (TPSA) is 67.4 Å². The molecule has 138 valence electrons. The van der Waals surface area contributed by atoms with Crippen LogP contribution in [0.15, 0.2) is 42.5 Å². The minimum absolute atomic E-state index is 0.141. The first kappa shape index (κ1) is 19.8. The Labute approximate surface area is 158 Å². The van der Waals surface area contributed by atoms with E-state index in [-0.39, 0.29) is 30.8 Å². The summed E-state index contributed by atoms with van der Waals surface area (Å²) in [6, 6.07) is 12.2. The van der Waals surface area contributed by atoms with Gasteiger partial charge in [0.25, 0.3) is 5.91 Å². The smallest absolute Gasteiger partial charge is 0.251 e. The molecule has 5 nitrogen and oxygen atoms in total. The first-order chi connectivity index (χ1) is 12.4. The molecule has 6 heteroatoms. The number of hydrogen-bond donors (Lipinski definition) is 2. The number of hydrogen-bond acceptors (Lipinski definition) is 3. The van der Waals surface area contributed by atoms with Crippen molar-refractivity contribution in [2.75, 3.05) is 13.7 Å². The third-order valence-corrected chi connectivity index (χ3v) is 4.23. The first-order valence-electron chi connectivity index (χ1n) is 8.38. The predicted molar refractivity (Wildman–Crippen MR) is 103 cm³/mol. The summed E-state index contributed by atoms with van der Waals surface area (Å²) in [6.07, 6.45) is 0.192. The zero-order chi connectivity index (χ0) is 19.1. The second-order valence-corrected chi connectivity index (χ2v) is 6.48. The minimum Gasteiger partial charge on any atom is -0.496 e. The van der Waals surface area contributed by atoms with Gasteiger partial charge in [-0.25, -0.2) is 0 Å². The van der Waals surface area contributed by atoms with Crippen molar-refractivity contribution in [1.29, 1.82) is 0 Å². The van der Waals surface area contributed by atoms with Crippen LogP contribution in [0.5, 0.6) is 5.75 Å². The molecular formula is C20H23ClN2O3.